The van der Waals surface area contributed by atoms with Crippen molar-refractivity contribution in [1.29, 1.82) is 0 Å². The number of thioether (sulfide) groups is 1. The first-order valence-electron chi connectivity index (χ1n) is 7.02. The Balaban J connectivity index is 2.54. The molecule has 1 heterocycles. The molecule has 6 nitrogen and oxygen atoms in total. The van der Waals surface area contributed by atoms with E-state index in [1.165, 1.54) is 11.8 Å². The van der Waals surface area contributed by atoms with Crippen LogP contribution in [0.3, 0.4) is 0 Å². The highest BCUT2D eigenvalue weighted by molar-refractivity contribution is 7.99. The SMILES string of the molecule is CC[C@@H](C)[C@H](N)c1nnc(SCC(=O)N(CC)CC)o1. The second-order valence-electron chi connectivity index (χ2n) is 4.67. The highest BCUT2D eigenvalue weighted by Crippen LogP contribution is 2.24. The minimum absolute atomic E-state index is 0.0750. The second-order valence-corrected chi connectivity index (χ2v) is 5.60. The minimum Gasteiger partial charge on any atom is -0.414 e. The van der Waals surface area contributed by atoms with Gasteiger partial charge in [0.25, 0.3) is 5.22 Å². The highest BCUT2D eigenvalue weighted by Gasteiger charge is 2.20. The summed E-state index contributed by atoms with van der Waals surface area (Å²) < 4.78 is 5.51. The number of nitrogens with zero attached hydrogens (tertiary/aromatic N) is 3. The standard InChI is InChI=1S/C13H24N4O2S/c1-5-9(4)11(14)12-15-16-13(19-12)20-8-10(18)17(6-2)7-3/h9,11H,5-8,14H2,1-4H3/t9-,11+/m1/s1. The molecule has 0 aromatic carbocycles. The minimum atomic E-state index is -0.250. The van der Waals surface area contributed by atoms with E-state index >= 15 is 0 Å². The first-order valence-corrected chi connectivity index (χ1v) is 8.01. The van der Waals surface area contributed by atoms with Crippen LogP contribution in [0.1, 0.15) is 46.0 Å². The summed E-state index contributed by atoms with van der Waals surface area (Å²) in [7, 11) is 0. The molecule has 0 aliphatic rings. The predicted octanol–water partition coefficient (Wildman–Crippen LogP) is 2.08. The molecule has 2 atom stereocenters. The monoisotopic (exact) mass is 300 g/mol. The van der Waals surface area contributed by atoms with Gasteiger partial charge in [0.05, 0.1) is 11.8 Å². The quantitative estimate of drug-likeness (QED) is 0.740. The molecule has 0 aliphatic carbocycles. The Labute approximate surface area is 124 Å². The van der Waals surface area contributed by atoms with E-state index in [4.69, 9.17) is 10.2 Å². The maximum atomic E-state index is 11.9. The van der Waals surface area contributed by atoms with Crippen LogP contribution < -0.4 is 5.73 Å². The van der Waals surface area contributed by atoms with Gasteiger partial charge in [0, 0.05) is 13.1 Å². The lowest BCUT2D eigenvalue weighted by atomic mass is 10.0. The molecule has 0 saturated carbocycles. The molecule has 1 aromatic rings. The maximum Gasteiger partial charge on any atom is 0.277 e. The molecule has 2 N–H and O–H groups in total. The number of hydrogen-bond acceptors (Lipinski definition) is 6. The van der Waals surface area contributed by atoms with E-state index in [0.717, 1.165) is 6.42 Å². The third kappa shape index (κ3) is 4.49. The Morgan fingerprint density at radius 3 is 2.55 bits per heavy atom. The first-order chi connectivity index (χ1) is 9.53. The Bertz CT molecular complexity index is 420. The van der Waals surface area contributed by atoms with E-state index in [0.29, 0.717) is 30.0 Å². The van der Waals surface area contributed by atoms with Crippen LogP contribution in [0.4, 0.5) is 0 Å². The summed E-state index contributed by atoms with van der Waals surface area (Å²) >= 11 is 1.26. The molecular formula is C13H24N4O2S. The van der Waals surface area contributed by atoms with Crippen LogP contribution in [0.2, 0.25) is 0 Å². The largest absolute Gasteiger partial charge is 0.414 e. The van der Waals surface area contributed by atoms with E-state index < -0.39 is 0 Å². The molecule has 1 aromatic heterocycles. The maximum absolute atomic E-state index is 11.9. The van der Waals surface area contributed by atoms with E-state index in [-0.39, 0.29) is 17.9 Å². The molecule has 0 fully saturated rings. The Morgan fingerprint density at radius 2 is 2.00 bits per heavy atom. The van der Waals surface area contributed by atoms with Gasteiger partial charge in [0.2, 0.25) is 11.8 Å². The number of rotatable bonds is 8. The Kier molecular flexibility index (Phi) is 7.01. The van der Waals surface area contributed by atoms with Crippen LogP contribution in [0, 0.1) is 5.92 Å². The van der Waals surface area contributed by atoms with Crippen molar-refractivity contribution < 1.29 is 9.21 Å². The summed E-state index contributed by atoms with van der Waals surface area (Å²) in [5.41, 5.74) is 6.03. The van der Waals surface area contributed by atoms with Crippen molar-refractivity contribution in [1.82, 2.24) is 15.1 Å². The lowest BCUT2D eigenvalue weighted by Gasteiger charge is -2.17. The molecule has 114 valence electrons. The zero-order valence-corrected chi connectivity index (χ0v) is 13.4. The van der Waals surface area contributed by atoms with Crippen LogP contribution >= 0.6 is 11.8 Å². The van der Waals surface area contributed by atoms with E-state index in [2.05, 4.69) is 17.1 Å². The molecule has 0 saturated heterocycles. The van der Waals surface area contributed by atoms with Crippen molar-refractivity contribution in [3.8, 4) is 0 Å². The van der Waals surface area contributed by atoms with Crippen LogP contribution in [-0.4, -0.2) is 39.8 Å². The molecule has 1 amide bonds. The Hall–Kier alpha value is -1.08. The fourth-order valence-corrected chi connectivity index (χ4v) is 2.37. The molecule has 0 aliphatic heterocycles. The number of amides is 1. The van der Waals surface area contributed by atoms with Crippen molar-refractivity contribution in [3.63, 3.8) is 0 Å². The smallest absolute Gasteiger partial charge is 0.277 e. The first kappa shape index (κ1) is 17.0. The van der Waals surface area contributed by atoms with Gasteiger partial charge in [-0.3, -0.25) is 4.79 Å². The van der Waals surface area contributed by atoms with E-state index in [1.807, 2.05) is 20.8 Å². The number of aromatic nitrogens is 2. The van der Waals surface area contributed by atoms with Crippen molar-refractivity contribution in [2.45, 2.75) is 45.4 Å². The van der Waals surface area contributed by atoms with E-state index in [9.17, 15) is 4.79 Å². The molecule has 1 rings (SSSR count). The molecule has 0 unspecified atom stereocenters. The van der Waals surface area contributed by atoms with Gasteiger partial charge in [-0.25, -0.2) is 0 Å². The van der Waals surface area contributed by atoms with Crippen LogP contribution in [0.25, 0.3) is 0 Å². The fourth-order valence-electron chi connectivity index (χ4n) is 1.70. The fraction of sp³-hybridized carbons (Fsp3) is 0.769. The average Bonchev–Trinajstić information content (AvgIpc) is 2.93. The van der Waals surface area contributed by atoms with Crippen LogP contribution in [-0.2, 0) is 4.79 Å². The van der Waals surface area contributed by atoms with Gasteiger partial charge in [0.15, 0.2) is 0 Å². The summed E-state index contributed by atoms with van der Waals surface area (Å²) in [6.07, 6.45) is 0.951. The third-order valence-corrected chi connectivity index (χ3v) is 4.20. The molecular weight excluding hydrogens is 276 g/mol. The van der Waals surface area contributed by atoms with Crippen LogP contribution in [0.15, 0.2) is 9.64 Å². The zero-order valence-electron chi connectivity index (χ0n) is 12.6. The summed E-state index contributed by atoms with van der Waals surface area (Å²) in [6.45, 7) is 9.46. The summed E-state index contributed by atoms with van der Waals surface area (Å²) in [5, 5.41) is 8.30. The molecule has 0 bridgehead atoms. The number of carbonyl (C=O) groups excluding carboxylic acids is 1. The van der Waals surface area contributed by atoms with Gasteiger partial charge in [-0.2, -0.15) is 0 Å². The van der Waals surface area contributed by atoms with Gasteiger partial charge < -0.3 is 15.1 Å². The van der Waals surface area contributed by atoms with Crippen molar-refractivity contribution in [3.05, 3.63) is 5.89 Å². The highest BCUT2D eigenvalue weighted by atomic mass is 32.2. The van der Waals surface area contributed by atoms with Gasteiger partial charge >= 0.3 is 0 Å². The molecule has 20 heavy (non-hydrogen) atoms. The van der Waals surface area contributed by atoms with Gasteiger partial charge in [-0.1, -0.05) is 32.0 Å². The molecule has 7 heteroatoms. The van der Waals surface area contributed by atoms with Gasteiger partial charge in [0.1, 0.15) is 0 Å². The summed E-state index contributed by atoms with van der Waals surface area (Å²) in [5.74, 6) is 1.11. The van der Waals surface area contributed by atoms with Gasteiger partial charge in [-0.05, 0) is 19.8 Å². The van der Waals surface area contributed by atoms with E-state index in [1.54, 1.807) is 4.90 Å². The van der Waals surface area contributed by atoms with Crippen molar-refractivity contribution >= 4 is 17.7 Å². The third-order valence-electron chi connectivity index (χ3n) is 3.40. The number of hydrogen-bond donors (Lipinski definition) is 1. The van der Waals surface area contributed by atoms with Crippen LogP contribution in [0.5, 0.6) is 0 Å². The number of carbonyl (C=O) groups is 1. The molecule has 0 spiro atoms. The lowest BCUT2D eigenvalue weighted by Crippen LogP contribution is -2.31. The summed E-state index contributed by atoms with van der Waals surface area (Å²) in [4.78, 5) is 13.6. The molecule has 0 radical (unpaired) electrons. The topological polar surface area (TPSA) is 85.2 Å². The van der Waals surface area contributed by atoms with Gasteiger partial charge in [-0.15, -0.1) is 10.2 Å². The average molecular weight is 300 g/mol. The zero-order chi connectivity index (χ0) is 15.1. The normalized spacial score (nSPS) is 14.1. The van der Waals surface area contributed by atoms with Crippen molar-refractivity contribution in [2.24, 2.45) is 11.7 Å². The second kappa shape index (κ2) is 8.26. The predicted molar refractivity (Wildman–Crippen MR) is 79.3 cm³/mol. The Morgan fingerprint density at radius 1 is 1.35 bits per heavy atom. The lowest BCUT2D eigenvalue weighted by molar-refractivity contribution is -0.127. The summed E-state index contributed by atoms with van der Waals surface area (Å²) in [6, 6.07) is -0.250. The number of nitrogens with two attached hydrogens (primary N) is 1. The van der Waals surface area contributed by atoms with Crippen molar-refractivity contribution in [2.75, 3.05) is 18.8 Å².